The van der Waals surface area contributed by atoms with Crippen molar-refractivity contribution in [1.29, 1.82) is 0 Å². The van der Waals surface area contributed by atoms with Crippen LogP contribution >= 0.6 is 34.8 Å². The molecule has 0 aliphatic carbocycles. The van der Waals surface area contributed by atoms with Gasteiger partial charge in [0.2, 0.25) is 0 Å². The minimum absolute atomic E-state index is 0.200. The van der Waals surface area contributed by atoms with Crippen LogP contribution in [0.5, 0.6) is 0 Å². The summed E-state index contributed by atoms with van der Waals surface area (Å²) in [6.07, 6.45) is 0. The van der Waals surface area contributed by atoms with Gasteiger partial charge in [0.05, 0.1) is 11.4 Å². The van der Waals surface area contributed by atoms with Crippen LogP contribution in [0.4, 0.5) is 10.5 Å². The van der Waals surface area contributed by atoms with E-state index >= 15 is 0 Å². The molecule has 0 radical (unpaired) electrons. The molecule has 5 nitrogen and oxygen atoms in total. The van der Waals surface area contributed by atoms with E-state index in [-0.39, 0.29) is 15.5 Å². The Balaban J connectivity index is 2.04. The van der Waals surface area contributed by atoms with Gasteiger partial charge in [0, 0.05) is 5.56 Å². The van der Waals surface area contributed by atoms with Gasteiger partial charge in [-0.3, -0.25) is 10.2 Å². The molecule has 3 rings (SSSR count). The van der Waals surface area contributed by atoms with Crippen LogP contribution in [0.25, 0.3) is 0 Å². The zero-order valence-electron chi connectivity index (χ0n) is 12.4. The van der Waals surface area contributed by atoms with E-state index < -0.39 is 6.03 Å². The fourth-order valence-corrected chi connectivity index (χ4v) is 2.87. The van der Waals surface area contributed by atoms with Crippen LogP contribution in [0.3, 0.4) is 0 Å². The molecule has 24 heavy (non-hydrogen) atoms. The average Bonchev–Trinajstić information content (AvgIpc) is 2.64. The van der Waals surface area contributed by atoms with Gasteiger partial charge >= 0.3 is 6.03 Å². The Kier molecular flexibility index (Phi) is 4.76. The molecule has 0 spiro atoms. The number of amides is 2. The molecule has 0 saturated carbocycles. The van der Waals surface area contributed by atoms with E-state index in [1.807, 2.05) is 18.2 Å². The van der Waals surface area contributed by atoms with Crippen molar-refractivity contribution in [3.8, 4) is 0 Å². The second-order valence-electron chi connectivity index (χ2n) is 4.94. The predicted molar refractivity (Wildman–Crippen MR) is 96.8 cm³/mol. The van der Waals surface area contributed by atoms with Gasteiger partial charge in [-0.05, 0) is 31.2 Å². The third kappa shape index (κ3) is 3.38. The molecule has 0 fully saturated rings. The maximum atomic E-state index is 12.7. The van der Waals surface area contributed by atoms with Crippen LogP contribution in [0, 0.1) is 0 Å². The van der Waals surface area contributed by atoms with E-state index in [0.717, 1.165) is 0 Å². The molecular formula is C16H11Cl3N4O. The van der Waals surface area contributed by atoms with Gasteiger partial charge in [-0.25, -0.2) is 14.8 Å². The Morgan fingerprint density at radius 1 is 1.04 bits per heavy atom. The Labute approximate surface area is 153 Å². The first kappa shape index (κ1) is 16.8. The summed E-state index contributed by atoms with van der Waals surface area (Å²) >= 11 is 18.2. The minimum Gasteiger partial charge on any atom is -0.291 e. The number of carbonyl (C=O) groups excluding carboxylic acids is 1. The predicted octanol–water partition coefficient (Wildman–Crippen LogP) is 4.79. The van der Waals surface area contributed by atoms with E-state index in [1.165, 1.54) is 4.90 Å². The van der Waals surface area contributed by atoms with Crippen molar-refractivity contribution in [3.05, 3.63) is 69.2 Å². The van der Waals surface area contributed by atoms with Crippen molar-refractivity contribution in [3.63, 3.8) is 0 Å². The lowest BCUT2D eigenvalue weighted by Crippen LogP contribution is -2.40. The monoisotopic (exact) mass is 380 g/mol. The number of benzene rings is 1. The highest BCUT2D eigenvalue weighted by Crippen LogP contribution is 2.27. The van der Waals surface area contributed by atoms with Crippen LogP contribution < -0.4 is 10.2 Å². The summed E-state index contributed by atoms with van der Waals surface area (Å²) in [6, 6.07) is 11.7. The maximum Gasteiger partial charge on any atom is 0.332 e. The fraction of sp³-hybridized carbons (Fsp3) is 0.0625. The van der Waals surface area contributed by atoms with Crippen LogP contribution in [-0.4, -0.2) is 16.9 Å². The van der Waals surface area contributed by atoms with Gasteiger partial charge in [0.15, 0.2) is 0 Å². The Morgan fingerprint density at radius 2 is 1.67 bits per heavy atom. The Morgan fingerprint density at radius 3 is 2.29 bits per heavy atom. The highest BCUT2D eigenvalue weighted by atomic mass is 35.5. The second-order valence-corrected chi connectivity index (χ2v) is 6.07. The first-order valence-corrected chi connectivity index (χ1v) is 8.04. The summed E-state index contributed by atoms with van der Waals surface area (Å²) in [5, 5.41) is 3.33. The van der Waals surface area contributed by atoms with Crippen molar-refractivity contribution in [2.24, 2.45) is 4.99 Å². The number of aromatic nitrogens is 1. The molecule has 2 amide bonds. The average molecular weight is 382 g/mol. The molecular weight excluding hydrogens is 371 g/mol. The van der Waals surface area contributed by atoms with Gasteiger partial charge in [0.1, 0.15) is 21.3 Å². The van der Waals surface area contributed by atoms with Crippen LogP contribution in [0.2, 0.25) is 10.3 Å². The van der Waals surface area contributed by atoms with E-state index in [1.54, 1.807) is 31.2 Å². The third-order valence-corrected chi connectivity index (χ3v) is 4.08. The Hall–Kier alpha value is -2.08. The topological polar surface area (TPSA) is 57.6 Å². The number of aliphatic imine (C=N–C) groups is 1. The number of pyridine rings is 1. The van der Waals surface area contributed by atoms with Crippen molar-refractivity contribution in [2.45, 2.75) is 6.92 Å². The molecule has 0 saturated heterocycles. The van der Waals surface area contributed by atoms with Crippen molar-refractivity contribution in [1.82, 2.24) is 10.3 Å². The second kappa shape index (κ2) is 6.81. The van der Waals surface area contributed by atoms with Gasteiger partial charge in [-0.1, -0.05) is 53.0 Å². The highest BCUT2D eigenvalue weighted by molar-refractivity contribution is 6.35. The zero-order valence-corrected chi connectivity index (χ0v) is 14.7. The molecule has 122 valence electrons. The Bertz CT molecular complexity index is 845. The molecule has 1 aromatic carbocycles. The standard InChI is InChI=1S/C16H11Cl3N4O/c1-9-14(19)23(11-5-3-2-4-6-11)16(24)22-15(20-9)10-7-12(17)21-13(18)8-10/h2-8H,1H3,(H,20,22,24). The molecule has 0 bridgehead atoms. The highest BCUT2D eigenvalue weighted by Gasteiger charge is 2.26. The summed E-state index contributed by atoms with van der Waals surface area (Å²) in [6.45, 7) is 1.71. The summed E-state index contributed by atoms with van der Waals surface area (Å²) in [7, 11) is 0. The third-order valence-electron chi connectivity index (χ3n) is 3.25. The van der Waals surface area contributed by atoms with Crippen molar-refractivity contribution >= 4 is 52.4 Å². The number of amidine groups is 1. The molecule has 0 unspecified atom stereocenters. The first-order chi connectivity index (χ1) is 11.5. The van der Waals surface area contributed by atoms with E-state index in [0.29, 0.717) is 22.8 Å². The zero-order chi connectivity index (χ0) is 17.3. The molecule has 0 atom stereocenters. The SMILES string of the molecule is CC1=C(Cl)N(c2ccccc2)C(=O)NC(c2cc(Cl)nc(Cl)c2)=N1. The number of allylic oxidation sites excluding steroid dienone is 1. The lowest BCUT2D eigenvalue weighted by Gasteiger charge is -2.20. The van der Waals surface area contributed by atoms with Gasteiger partial charge in [-0.15, -0.1) is 0 Å². The van der Waals surface area contributed by atoms with Gasteiger partial charge in [0.25, 0.3) is 0 Å². The largest absolute Gasteiger partial charge is 0.332 e. The number of anilines is 1. The number of rotatable bonds is 2. The fourth-order valence-electron chi connectivity index (χ4n) is 2.20. The summed E-state index contributed by atoms with van der Waals surface area (Å²) in [4.78, 5) is 22.3. The van der Waals surface area contributed by atoms with Crippen LogP contribution in [0.15, 0.2) is 58.3 Å². The lowest BCUT2D eigenvalue weighted by atomic mass is 10.2. The molecule has 1 aliphatic heterocycles. The normalized spacial score (nSPS) is 15.1. The number of nitrogens with zero attached hydrogens (tertiary/aromatic N) is 3. The number of nitrogens with one attached hydrogen (secondary N) is 1. The minimum atomic E-state index is -0.439. The number of para-hydroxylation sites is 1. The summed E-state index contributed by atoms with van der Waals surface area (Å²) in [5.41, 5.74) is 1.63. The molecule has 1 aromatic heterocycles. The van der Waals surface area contributed by atoms with Crippen molar-refractivity contribution < 1.29 is 4.79 Å². The smallest absolute Gasteiger partial charge is 0.291 e. The number of hydrogen-bond acceptors (Lipinski definition) is 3. The van der Waals surface area contributed by atoms with Gasteiger partial charge < -0.3 is 0 Å². The van der Waals surface area contributed by atoms with Crippen molar-refractivity contribution in [2.75, 3.05) is 4.90 Å². The first-order valence-electron chi connectivity index (χ1n) is 6.90. The molecule has 2 aromatic rings. The summed E-state index contributed by atoms with van der Waals surface area (Å²) in [5.74, 6) is 0.292. The van der Waals surface area contributed by atoms with Crippen LogP contribution in [-0.2, 0) is 0 Å². The number of urea groups is 1. The molecule has 1 N–H and O–H groups in total. The molecule has 1 aliphatic rings. The number of halogens is 3. The van der Waals surface area contributed by atoms with E-state index in [9.17, 15) is 4.79 Å². The maximum absolute atomic E-state index is 12.7. The van der Waals surface area contributed by atoms with Crippen LogP contribution in [0.1, 0.15) is 12.5 Å². The summed E-state index contributed by atoms with van der Waals surface area (Å²) < 4.78 is 0. The molecule has 8 heteroatoms. The number of carbonyl (C=O) groups is 1. The lowest BCUT2D eigenvalue weighted by molar-refractivity contribution is 0.252. The molecule has 2 heterocycles. The van der Waals surface area contributed by atoms with E-state index in [2.05, 4.69) is 15.3 Å². The van der Waals surface area contributed by atoms with E-state index in [4.69, 9.17) is 34.8 Å². The number of hydrogen-bond donors (Lipinski definition) is 1. The quantitative estimate of drug-likeness (QED) is 0.600. The van der Waals surface area contributed by atoms with Gasteiger partial charge in [-0.2, -0.15) is 0 Å².